The van der Waals surface area contributed by atoms with Crippen LogP contribution in [0.4, 0.5) is 5.95 Å². The minimum atomic E-state index is 0.128. The van der Waals surface area contributed by atoms with Crippen LogP contribution in [0.1, 0.15) is 65.5 Å². The summed E-state index contributed by atoms with van der Waals surface area (Å²) in [6, 6.07) is 2.33. The molecule has 20 heavy (non-hydrogen) atoms. The summed E-state index contributed by atoms with van der Waals surface area (Å²) in [6.45, 7) is 10.4. The average molecular weight is 279 g/mol. The second kappa shape index (κ2) is 8.77. The number of hydrogen-bond donors (Lipinski definition) is 1. The van der Waals surface area contributed by atoms with Crippen molar-refractivity contribution in [3.8, 4) is 5.88 Å². The van der Waals surface area contributed by atoms with Crippen molar-refractivity contribution in [3.05, 3.63) is 11.8 Å². The van der Waals surface area contributed by atoms with E-state index in [0.717, 1.165) is 12.1 Å². The van der Waals surface area contributed by atoms with Gasteiger partial charge < -0.3 is 10.1 Å². The Hall–Kier alpha value is -1.32. The zero-order valence-corrected chi connectivity index (χ0v) is 13.6. The highest BCUT2D eigenvalue weighted by atomic mass is 16.5. The molecule has 1 aromatic heterocycles. The molecule has 0 saturated carbocycles. The topological polar surface area (TPSA) is 47.0 Å². The van der Waals surface area contributed by atoms with E-state index in [1.165, 1.54) is 25.7 Å². The molecule has 0 bridgehead atoms. The van der Waals surface area contributed by atoms with Crippen LogP contribution >= 0.6 is 0 Å². The van der Waals surface area contributed by atoms with Crippen LogP contribution in [0, 0.1) is 6.92 Å². The van der Waals surface area contributed by atoms with E-state index < -0.39 is 0 Å². The highest BCUT2D eigenvalue weighted by Crippen LogP contribution is 2.17. The Kier molecular flexibility index (Phi) is 7.34. The Balaban J connectivity index is 2.74. The first-order chi connectivity index (χ1) is 9.55. The van der Waals surface area contributed by atoms with Crippen LogP contribution in [0.5, 0.6) is 5.88 Å². The molecule has 1 unspecified atom stereocenters. The van der Waals surface area contributed by atoms with Crippen molar-refractivity contribution in [3.63, 3.8) is 0 Å². The minimum absolute atomic E-state index is 0.128. The number of nitrogens with zero attached hydrogens (tertiary/aromatic N) is 2. The van der Waals surface area contributed by atoms with E-state index in [1.54, 1.807) is 0 Å². The third kappa shape index (κ3) is 6.22. The maximum Gasteiger partial charge on any atom is 0.226 e. The lowest BCUT2D eigenvalue weighted by Crippen LogP contribution is -2.21. The Morgan fingerprint density at radius 1 is 1.15 bits per heavy atom. The van der Waals surface area contributed by atoms with Crippen LogP contribution in [-0.4, -0.2) is 22.1 Å². The Morgan fingerprint density at radius 3 is 2.50 bits per heavy atom. The summed E-state index contributed by atoms with van der Waals surface area (Å²) in [5.74, 6) is 1.34. The molecule has 0 aliphatic carbocycles. The number of hydrogen-bond acceptors (Lipinski definition) is 4. The van der Waals surface area contributed by atoms with Gasteiger partial charge in [-0.05, 0) is 33.6 Å². The molecule has 0 amide bonds. The Morgan fingerprint density at radius 2 is 1.90 bits per heavy atom. The van der Waals surface area contributed by atoms with E-state index in [4.69, 9.17) is 4.74 Å². The summed E-state index contributed by atoms with van der Waals surface area (Å²) in [5, 5.41) is 3.47. The van der Waals surface area contributed by atoms with Crippen LogP contribution in [0.15, 0.2) is 6.07 Å². The Bertz CT molecular complexity index is 393. The van der Waals surface area contributed by atoms with Crippen LogP contribution in [0.2, 0.25) is 0 Å². The van der Waals surface area contributed by atoms with Crippen molar-refractivity contribution >= 4 is 5.95 Å². The first-order valence-electron chi connectivity index (χ1n) is 7.84. The normalized spacial score (nSPS) is 12.5. The van der Waals surface area contributed by atoms with Gasteiger partial charge in [0.05, 0.1) is 6.10 Å². The fourth-order valence-electron chi connectivity index (χ4n) is 2.18. The molecule has 0 aliphatic heterocycles. The summed E-state index contributed by atoms with van der Waals surface area (Å²) >= 11 is 0. The summed E-state index contributed by atoms with van der Waals surface area (Å²) in [7, 11) is 0. The molecule has 1 N–H and O–H groups in total. The molecule has 0 saturated heterocycles. The Labute approximate surface area is 123 Å². The molecule has 0 aliphatic rings. The molecule has 0 spiro atoms. The molecule has 0 fully saturated rings. The standard InChI is InChI=1S/C16H29N3O/c1-6-8-10-14(9-7-2)18-16-17-13(5)11-15(19-16)20-12(3)4/h11-12,14H,6-10H2,1-5H3,(H,17,18,19). The smallest absolute Gasteiger partial charge is 0.226 e. The van der Waals surface area contributed by atoms with Crippen molar-refractivity contribution in [1.29, 1.82) is 0 Å². The maximum absolute atomic E-state index is 5.67. The molecule has 0 aromatic carbocycles. The van der Waals surface area contributed by atoms with Gasteiger partial charge in [-0.2, -0.15) is 4.98 Å². The number of unbranched alkanes of at least 4 members (excludes halogenated alkanes) is 1. The highest BCUT2D eigenvalue weighted by Gasteiger charge is 2.11. The SMILES string of the molecule is CCCCC(CCC)Nc1nc(C)cc(OC(C)C)n1. The molecular formula is C16H29N3O. The van der Waals surface area contributed by atoms with Gasteiger partial charge in [-0.25, -0.2) is 4.98 Å². The quantitative estimate of drug-likeness (QED) is 0.730. The molecule has 1 aromatic rings. The van der Waals surface area contributed by atoms with E-state index in [-0.39, 0.29) is 6.10 Å². The van der Waals surface area contributed by atoms with E-state index in [9.17, 15) is 0 Å². The van der Waals surface area contributed by atoms with Crippen molar-refractivity contribution < 1.29 is 4.74 Å². The molecule has 4 nitrogen and oxygen atoms in total. The van der Waals surface area contributed by atoms with Gasteiger partial charge in [-0.1, -0.05) is 33.1 Å². The van der Waals surface area contributed by atoms with Crippen molar-refractivity contribution in [2.24, 2.45) is 0 Å². The third-order valence-electron chi connectivity index (χ3n) is 3.06. The van der Waals surface area contributed by atoms with Crippen molar-refractivity contribution in [2.45, 2.75) is 78.9 Å². The van der Waals surface area contributed by atoms with Crippen LogP contribution in [0.25, 0.3) is 0 Å². The lowest BCUT2D eigenvalue weighted by molar-refractivity contribution is 0.232. The number of nitrogens with one attached hydrogen (secondary N) is 1. The van der Waals surface area contributed by atoms with E-state index >= 15 is 0 Å². The van der Waals surface area contributed by atoms with E-state index in [2.05, 4.69) is 29.1 Å². The van der Waals surface area contributed by atoms with Gasteiger partial charge in [-0.3, -0.25) is 0 Å². The van der Waals surface area contributed by atoms with E-state index in [1.807, 2.05) is 26.8 Å². The first kappa shape index (κ1) is 16.7. The number of anilines is 1. The zero-order valence-electron chi connectivity index (χ0n) is 13.6. The molecule has 1 rings (SSSR count). The lowest BCUT2D eigenvalue weighted by atomic mass is 10.1. The number of aromatic nitrogens is 2. The van der Waals surface area contributed by atoms with Gasteiger partial charge in [0.1, 0.15) is 0 Å². The third-order valence-corrected chi connectivity index (χ3v) is 3.06. The number of rotatable bonds is 9. The van der Waals surface area contributed by atoms with Gasteiger partial charge in [0, 0.05) is 17.8 Å². The van der Waals surface area contributed by atoms with Crippen LogP contribution in [-0.2, 0) is 0 Å². The second-order valence-corrected chi connectivity index (χ2v) is 5.61. The first-order valence-corrected chi connectivity index (χ1v) is 7.84. The fourth-order valence-corrected chi connectivity index (χ4v) is 2.18. The second-order valence-electron chi connectivity index (χ2n) is 5.61. The van der Waals surface area contributed by atoms with E-state index in [0.29, 0.717) is 17.9 Å². The van der Waals surface area contributed by atoms with Crippen molar-refractivity contribution in [1.82, 2.24) is 9.97 Å². The number of ether oxygens (including phenoxy) is 1. The van der Waals surface area contributed by atoms with Crippen molar-refractivity contribution in [2.75, 3.05) is 5.32 Å². The van der Waals surface area contributed by atoms with Gasteiger partial charge in [0.2, 0.25) is 11.8 Å². The maximum atomic E-state index is 5.67. The molecule has 0 radical (unpaired) electrons. The zero-order chi connectivity index (χ0) is 15.0. The minimum Gasteiger partial charge on any atom is -0.475 e. The summed E-state index contributed by atoms with van der Waals surface area (Å²) in [5.41, 5.74) is 0.934. The molecular weight excluding hydrogens is 250 g/mol. The molecule has 1 heterocycles. The predicted octanol–water partition coefficient (Wildman–Crippen LogP) is 4.34. The van der Waals surface area contributed by atoms with Gasteiger partial charge >= 0.3 is 0 Å². The molecule has 114 valence electrons. The van der Waals surface area contributed by atoms with Gasteiger partial charge in [-0.15, -0.1) is 0 Å². The predicted molar refractivity (Wildman–Crippen MR) is 84.4 cm³/mol. The summed E-state index contributed by atoms with van der Waals surface area (Å²) in [6.07, 6.45) is 6.07. The summed E-state index contributed by atoms with van der Waals surface area (Å²) in [4.78, 5) is 8.93. The van der Waals surface area contributed by atoms with Gasteiger partial charge in [0.15, 0.2) is 0 Å². The van der Waals surface area contributed by atoms with Gasteiger partial charge in [0.25, 0.3) is 0 Å². The van der Waals surface area contributed by atoms with Crippen LogP contribution in [0.3, 0.4) is 0 Å². The average Bonchev–Trinajstić information content (AvgIpc) is 2.34. The monoisotopic (exact) mass is 279 g/mol. The largest absolute Gasteiger partial charge is 0.475 e. The molecule has 4 heteroatoms. The highest BCUT2D eigenvalue weighted by molar-refractivity contribution is 5.31. The molecule has 1 atom stereocenters. The van der Waals surface area contributed by atoms with Crippen LogP contribution < -0.4 is 10.1 Å². The fraction of sp³-hybridized carbons (Fsp3) is 0.750. The number of aryl methyl sites for hydroxylation is 1. The summed E-state index contributed by atoms with van der Waals surface area (Å²) < 4.78 is 5.67. The lowest BCUT2D eigenvalue weighted by Gasteiger charge is -2.18.